The first kappa shape index (κ1) is 20.4. The van der Waals surface area contributed by atoms with E-state index >= 15 is 0 Å². The van der Waals surface area contributed by atoms with Gasteiger partial charge in [-0.25, -0.2) is 5.43 Å². The summed E-state index contributed by atoms with van der Waals surface area (Å²) in [6.07, 6.45) is 1.58. The summed E-state index contributed by atoms with van der Waals surface area (Å²) in [4.78, 5) is 11.9. The van der Waals surface area contributed by atoms with Crippen LogP contribution >= 0.6 is 11.6 Å². The zero-order valence-electron chi connectivity index (χ0n) is 16.1. The van der Waals surface area contributed by atoms with Crippen molar-refractivity contribution < 1.29 is 9.53 Å². The highest BCUT2D eigenvalue weighted by atomic mass is 35.5. The van der Waals surface area contributed by atoms with Gasteiger partial charge in [0.2, 0.25) is 0 Å². The number of amides is 1. The molecule has 3 rings (SSSR count). The monoisotopic (exact) mass is 407 g/mol. The van der Waals surface area contributed by atoms with E-state index in [0.29, 0.717) is 11.6 Å². The van der Waals surface area contributed by atoms with Crippen molar-refractivity contribution >= 4 is 29.4 Å². The van der Waals surface area contributed by atoms with E-state index in [-0.39, 0.29) is 12.5 Å². The molecule has 0 saturated heterocycles. The van der Waals surface area contributed by atoms with Gasteiger partial charge >= 0.3 is 0 Å². The molecule has 29 heavy (non-hydrogen) atoms. The molecule has 0 heterocycles. The number of ether oxygens (including phenoxy) is 1. The lowest BCUT2D eigenvalue weighted by Gasteiger charge is -2.08. The van der Waals surface area contributed by atoms with Gasteiger partial charge in [0.15, 0.2) is 0 Å². The molecule has 0 fully saturated rings. The molecule has 0 aliphatic rings. The van der Waals surface area contributed by atoms with Gasteiger partial charge in [-0.1, -0.05) is 47.5 Å². The number of nitrogens with zero attached hydrogens (tertiary/aromatic N) is 1. The van der Waals surface area contributed by atoms with E-state index in [1.165, 1.54) is 5.56 Å². The van der Waals surface area contributed by atoms with Gasteiger partial charge < -0.3 is 10.1 Å². The first-order valence-electron chi connectivity index (χ1n) is 9.19. The summed E-state index contributed by atoms with van der Waals surface area (Å²) in [6.45, 7) is 2.56. The Hall–Kier alpha value is -3.31. The highest BCUT2D eigenvalue weighted by Crippen LogP contribution is 2.18. The number of carbonyl (C=O) groups excluding carboxylic acids is 1. The lowest BCUT2D eigenvalue weighted by atomic mass is 10.2. The van der Waals surface area contributed by atoms with Crippen LogP contribution in [0.1, 0.15) is 16.7 Å². The fourth-order valence-corrected chi connectivity index (χ4v) is 2.69. The maximum absolute atomic E-state index is 11.9. The van der Waals surface area contributed by atoms with Crippen LogP contribution in [0.2, 0.25) is 5.02 Å². The lowest BCUT2D eigenvalue weighted by Crippen LogP contribution is -2.25. The average Bonchev–Trinajstić information content (AvgIpc) is 2.74. The van der Waals surface area contributed by atoms with Crippen molar-refractivity contribution in [1.82, 2.24) is 5.43 Å². The van der Waals surface area contributed by atoms with Gasteiger partial charge in [0.1, 0.15) is 12.4 Å². The topological polar surface area (TPSA) is 62.7 Å². The minimum atomic E-state index is -0.221. The fraction of sp³-hybridized carbons (Fsp3) is 0.130. The fourth-order valence-electron chi connectivity index (χ4n) is 2.50. The first-order valence-corrected chi connectivity index (χ1v) is 9.57. The van der Waals surface area contributed by atoms with Crippen molar-refractivity contribution in [2.45, 2.75) is 13.5 Å². The number of benzene rings is 3. The molecule has 0 aliphatic heterocycles. The van der Waals surface area contributed by atoms with Crippen LogP contribution in [-0.2, 0) is 11.4 Å². The molecule has 0 atom stereocenters. The third-order valence-electron chi connectivity index (χ3n) is 4.14. The summed E-state index contributed by atoms with van der Waals surface area (Å²) >= 11 is 6.13. The molecule has 0 bridgehead atoms. The van der Waals surface area contributed by atoms with Crippen molar-refractivity contribution in [1.29, 1.82) is 0 Å². The average molecular weight is 408 g/mol. The Kier molecular flexibility index (Phi) is 7.25. The van der Waals surface area contributed by atoms with Crippen LogP contribution in [0.15, 0.2) is 77.9 Å². The highest BCUT2D eigenvalue weighted by Gasteiger charge is 2.01. The number of rotatable bonds is 8. The number of hydrogen-bond donors (Lipinski definition) is 2. The summed E-state index contributed by atoms with van der Waals surface area (Å²) in [7, 11) is 0. The first-order chi connectivity index (χ1) is 14.1. The van der Waals surface area contributed by atoms with Crippen LogP contribution < -0.4 is 15.5 Å². The number of anilines is 1. The number of nitrogens with one attached hydrogen (secondary N) is 2. The van der Waals surface area contributed by atoms with Gasteiger partial charge in [-0.3, -0.25) is 4.79 Å². The van der Waals surface area contributed by atoms with E-state index in [0.717, 1.165) is 22.6 Å². The van der Waals surface area contributed by atoms with E-state index < -0.39 is 0 Å². The number of carbonyl (C=O) groups is 1. The second-order valence-electron chi connectivity index (χ2n) is 6.46. The van der Waals surface area contributed by atoms with Gasteiger partial charge in [-0.15, -0.1) is 0 Å². The van der Waals surface area contributed by atoms with Crippen molar-refractivity contribution in [2.75, 3.05) is 11.9 Å². The zero-order chi connectivity index (χ0) is 20.5. The summed E-state index contributed by atoms with van der Waals surface area (Å²) in [5, 5.41) is 7.71. The Bertz CT molecular complexity index is 970. The normalized spacial score (nSPS) is 10.7. The van der Waals surface area contributed by atoms with Gasteiger partial charge in [-0.05, 0) is 55.0 Å². The van der Waals surface area contributed by atoms with Gasteiger partial charge in [0.05, 0.1) is 12.8 Å². The smallest absolute Gasteiger partial charge is 0.259 e. The number of hydrogen-bond acceptors (Lipinski definition) is 4. The Labute approximate surface area is 175 Å². The van der Waals surface area contributed by atoms with E-state index in [1.54, 1.807) is 6.21 Å². The molecule has 0 aliphatic carbocycles. The lowest BCUT2D eigenvalue weighted by molar-refractivity contribution is -0.119. The Morgan fingerprint density at radius 3 is 2.48 bits per heavy atom. The standard InChI is InChI=1S/C23H22ClN3O2/c1-17-6-10-20(11-7-17)25-15-23(28)27-26-14-18-8-12-21(13-9-18)29-16-19-4-2-3-5-22(19)24/h2-14,25H,15-16H2,1H3,(H,27,28)/b26-14+. The molecule has 0 radical (unpaired) electrons. The second-order valence-corrected chi connectivity index (χ2v) is 6.87. The van der Waals surface area contributed by atoms with Crippen LogP contribution in [0.25, 0.3) is 0 Å². The predicted molar refractivity (Wildman–Crippen MR) is 118 cm³/mol. The molecule has 0 saturated carbocycles. The number of hydrazone groups is 1. The minimum Gasteiger partial charge on any atom is -0.489 e. The highest BCUT2D eigenvalue weighted by molar-refractivity contribution is 6.31. The minimum absolute atomic E-state index is 0.148. The number of aryl methyl sites for hydroxylation is 1. The zero-order valence-corrected chi connectivity index (χ0v) is 16.8. The van der Waals surface area contributed by atoms with Crippen molar-refractivity contribution in [3.05, 3.63) is 94.5 Å². The van der Waals surface area contributed by atoms with Crippen molar-refractivity contribution in [3.8, 4) is 5.75 Å². The molecule has 0 spiro atoms. The molecule has 2 N–H and O–H groups in total. The Morgan fingerprint density at radius 2 is 1.76 bits per heavy atom. The Morgan fingerprint density at radius 1 is 1.03 bits per heavy atom. The molecule has 6 heteroatoms. The quantitative estimate of drug-likeness (QED) is 0.417. The maximum Gasteiger partial charge on any atom is 0.259 e. The molecule has 0 unspecified atom stereocenters. The summed E-state index contributed by atoms with van der Waals surface area (Å²) in [5.74, 6) is 0.509. The van der Waals surface area contributed by atoms with Gasteiger partial charge in [-0.2, -0.15) is 5.10 Å². The molecular formula is C23H22ClN3O2. The van der Waals surface area contributed by atoms with Crippen LogP contribution in [0.5, 0.6) is 5.75 Å². The summed E-state index contributed by atoms with van der Waals surface area (Å²) in [5.41, 5.74) is 6.35. The molecule has 1 amide bonds. The summed E-state index contributed by atoms with van der Waals surface area (Å²) < 4.78 is 5.74. The molecule has 148 valence electrons. The van der Waals surface area contributed by atoms with Crippen molar-refractivity contribution in [2.24, 2.45) is 5.10 Å². The Balaban J connectivity index is 1.42. The van der Waals surface area contributed by atoms with E-state index in [4.69, 9.17) is 16.3 Å². The van der Waals surface area contributed by atoms with E-state index in [9.17, 15) is 4.79 Å². The molecular weight excluding hydrogens is 386 g/mol. The predicted octanol–water partition coefficient (Wildman–Crippen LogP) is 4.79. The van der Waals surface area contributed by atoms with Crippen LogP contribution in [0.3, 0.4) is 0 Å². The van der Waals surface area contributed by atoms with Crippen molar-refractivity contribution in [3.63, 3.8) is 0 Å². The summed E-state index contributed by atoms with van der Waals surface area (Å²) in [6, 6.07) is 22.8. The maximum atomic E-state index is 11.9. The van der Waals surface area contributed by atoms with Crippen LogP contribution in [-0.4, -0.2) is 18.7 Å². The van der Waals surface area contributed by atoms with E-state index in [1.807, 2.05) is 79.7 Å². The molecule has 3 aromatic rings. The van der Waals surface area contributed by atoms with Crippen LogP contribution in [0.4, 0.5) is 5.69 Å². The molecule has 0 aromatic heterocycles. The molecule has 5 nitrogen and oxygen atoms in total. The third kappa shape index (κ3) is 6.66. The van der Waals surface area contributed by atoms with E-state index in [2.05, 4.69) is 15.8 Å². The van der Waals surface area contributed by atoms with Gasteiger partial charge in [0, 0.05) is 16.3 Å². The third-order valence-corrected chi connectivity index (χ3v) is 4.51. The SMILES string of the molecule is Cc1ccc(NCC(=O)N/N=C/c2ccc(OCc3ccccc3Cl)cc2)cc1. The van der Waals surface area contributed by atoms with Gasteiger partial charge in [0.25, 0.3) is 5.91 Å². The largest absolute Gasteiger partial charge is 0.489 e. The second kappa shape index (κ2) is 10.3. The molecule has 3 aromatic carbocycles. The van der Waals surface area contributed by atoms with Crippen LogP contribution in [0, 0.1) is 6.92 Å². The number of halogens is 1.